The Balaban J connectivity index is 2.10. The molecule has 6 rings (SSSR count). The molecule has 0 fully saturated rings. The number of benzene rings is 2. The van der Waals surface area contributed by atoms with E-state index in [0.717, 1.165) is 39.6 Å². The van der Waals surface area contributed by atoms with Crippen molar-refractivity contribution < 1.29 is 19.1 Å². The smallest absolute Gasteiger partial charge is 0.338 e. The number of carbonyl (C=O) groups excluding carboxylic acids is 2. The lowest BCUT2D eigenvalue weighted by Crippen LogP contribution is -2.12. The fourth-order valence-corrected chi connectivity index (χ4v) is 3.93. The minimum absolute atomic E-state index is 0.324. The number of hydrogen-bond donors (Lipinski definition) is 0. The van der Waals surface area contributed by atoms with E-state index in [1.807, 2.05) is 18.2 Å². The van der Waals surface area contributed by atoms with Gasteiger partial charge in [0.2, 0.25) is 0 Å². The maximum Gasteiger partial charge on any atom is 0.338 e. The van der Waals surface area contributed by atoms with Crippen LogP contribution < -0.4 is 0 Å². The molecule has 0 saturated carbocycles. The van der Waals surface area contributed by atoms with Gasteiger partial charge in [-0.2, -0.15) is 0 Å². The van der Waals surface area contributed by atoms with E-state index in [9.17, 15) is 9.59 Å². The van der Waals surface area contributed by atoms with Gasteiger partial charge in [-0.05, 0) is 66.1 Å². The van der Waals surface area contributed by atoms with Crippen LogP contribution in [0.4, 0.5) is 0 Å². The number of rotatable bonds is 2. The van der Waals surface area contributed by atoms with Gasteiger partial charge < -0.3 is 9.47 Å². The Bertz CT molecular complexity index is 842. The van der Waals surface area contributed by atoms with Crippen molar-refractivity contribution in [2.24, 2.45) is 0 Å². The maximum absolute atomic E-state index is 12.2. The molecule has 0 aromatic heterocycles. The van der Waals surface area contributed by atoms with Gasteiger partial charge in [0.05, 0.1) is 25.3 Å². The molecular weight excluding hydrogens is 384 g/mol. The van der Waals surface area contributed by atoms with Gasteiger partial charge in [-0.3, -0.25) is 0 Å². The van der Waals surface area contributed by atoms with Crippen LogP contribution in [0.2, 0.25) is 0 Å². The average molecular weight is 403 g/mol. The molecule has 0 N–H and O–H groups in total. The number of carbonyl (C=O) groups is 2. The molecule has 4 aliphatic carbocycles. The van der Waals surface area contributed by atoms with Gasteiger partial charge in [-0.25, -0.2) is 9.59 Å². The van der Waals surface area contributed by atoms with Gasteiger partial charge >= 0.3 is 11.9 Å². The monoisotopic (exact) mass is 402 g/mol. The van der Waals surface area contributed by atoms with Crippen LogP contribution in [0.5, 0.6) is 0 Å². The summed E-state index contributed by atoms with van der Waals surface area (Å²) >= 11 is 3.60. The first kappa shape index (κ1) is 17.7. The third-order valence-corrected chi connectivity index (χ3v) is 5.29. The number of halogens is 1. The Hall–Kier alpha value is -2.14. The van der Waals surface area contributed by atoms with Gasteiger partial charge in [0.1, 0.15) is 0 Å². The van der Waals surface area contributed by atoms with Gasteiger partial charge in [-0.15, -0.1) is 0 Å². The molecule has 0 heterocycles. The van der Waals surface area contributed by atoms with E-state index in [4.69, 9.17) is 9.47 Å². The van der Waals surface area contributed by atoms with E-state index in [2.05, 4.69) is 28.1 Å². The van der Waals surface area contributed by atoms with E-state index in [0.29, 0.717) is 24.0 Å². The standard InChI is InChI=1S/C20H19BrO4/c1-24-19(22)16-9-12-3-4-13-10-17(20(23)25-2)15(18(21)11-13)8-7-14(16)6-5-12/h5-6,9-11H,3-4,7-8H2,1-2H3. The molecule has 0 saturated heterocycles. The van der Waals surface area contributed by atoms with Crippen molar-refractivity contribution in [1.82, 2.24) is 0 Å². The van der Waals surface area contributed by atoms with Crippen molar-refractivity contribution in [2.45, 2.75) is 25.7 Å². The fraction of sp³-hybridized carbons (Fsp3) is 0.300. The highest BCUT2D eigenvalue weighted by Crippen LogP contribution is 2.28. The summed E-state index contributed by atoms with van der Waals surface area (Å²) in [5, 5.41) is 0. The van der Waals surface area contributed by atoms with E-state index >= 15 is 0 Å². The molecule has 0 unspecified atom stereocenters. The molecule has 2 aromatic rings. The number of methoxy groups -OCH3 is 2. The SMILES string of the molecule is COC(=O)c1cc2ccc1CCc1c(Br)cc(cc1C(=O)OC)CC2. The largest absolute Gasteiger partial charge is 0.465 e. The van der Waals surface area contributed by atoms with Gasteiger partial charge in [0, 0.05) is 4.47 Å². The number of ether oxygens (including phenoxy) is 2. The third-order valence-electron chi connectivity index (χ3n) is 4.59. The first-order valence-electron chi connectivity index (χ1n) is 8.13. The third kappa shape index (κ3) is 3.61. The lowest BCUT2D eigenvalue weighted by molar-refractivity contribution is 0.0589. The summed E-state index contributed by atoms with van der Waals surface area (Å²) in [6.45, 7) is 0. The minimum Gasteiger partial charge on any atom is -0.465 e. The highest BCUT2D eigenvalue weighted by Gasteiger charge is 2.20. The van der Waals surface area contributed by atoms with Crippen LogP contribution in [0.15, 0.2) is 34.8 Å². The Labute approximate surface area is 155 Å². The first-order valence-corrected chi connectivity index (χ1v) is 8.92. The quantitative estimate of drug-likeness (QED) is 0.714. The highest BCUT2D eigenvalue weighted by atomic mass is 79.9. The summed E-state index contributed by atoms with van der Waals surface area (Å²) < 4.78 is 10.8. The average Bonchev–Trinajstić information content (AvgIpc) is 2.62. The van der Waals surface area contributed by atoms with E-state index in [1.54, 1.807) is 0 Å². The molecule has 0 aliphatic heterocycles. The number of esters is 2. The zero-order valence-electron chi connectivity index (χ0n) is 14.2. The van der Waals surface area contributed by atoms with Crippen molar-refractivity contribution in [3.8, 4) is 0 Å². The molecule has 0 radical (unpaired) electrons. The Morgan fingerprint density at radius 1 is 0.840 bits per heavy atom. The summed E-state index contributed by atoms with van der Waals surface area (Å²) in [6, 6.07) is 9.95. The van der Waals surface area contributed by atoms with Crippen LogP contribution in [-0.4, -0.2) is 26.2 Å². The zero-order chi connectivity index (χ0) is 18.0. The Morgan fingerprint density at radius 2 is 1.48 bits per heavy atom. The molecule has 4 aliphatic rings. The van der Waals surface area contributed by atoms with E-state index in [-0.39, 0.29) is 11.9 Å². The van der Waals surface area contributed by atoms with Crippen LogP contribution in [0.1, 0.15) is 43.0 Å². The Morgan fingerprint density at radius 3 is 2.20 bits per heavy atom. The Kier molecular flexibility index (Phi) is 5.23. The van der Waals surface area contributed by atoms with Crippen LogP contribution in [-0.2, 0) is 35.2 Å². The lowest BCUT2D eigenvalue weighted by atomic mass is 9.91. The fourth-order valence-electron chi connectivity index (χ4n) is 3.23. The first-order chi connectivity index (χ1) is 12.0. The summed E-state index contributed by atoms with van der Waals surface area (Å²) in [6.07, 6.45) is 2.79. The number of hydrogen-bond acceptors (Lipinski definition) is 4. The van der Waals surface area contributed by atoms with Crippen molar-refractivity contribution >= 4 is 27.9 Å². The maximum atomic E-state index is 12.2. The van der Waals surface area contributed by atoms with E-state index < -0.39 is 0 Å². The van der Waals surface area contributed by atoms with Gasteiger partial charge in [0.25, 0.3) is 0 Å². The van der Waals surface area contributed by atoms with Crippen LogP contribution in [0, 0.1) is 0 Å². The van der Waals surface area contributed by atoms with Crippen LogP contribution in [0.25, 0.3) is 0 Å². The molecule has 130 valence electrons. The predicted octanol–water partition coefficient (Wildman–Crippen LogP) is 3.91. The van der Waals surface area contributed by atoms with Gasteiger partial charge in [0.15, 0.2) is 0 Å². The molecular formula is C20H19BrO4. The summed E-state index contributed by atoms with van der Waals surface area (Å²) in [5.41, 5.74) is 5.14. The minimum atomic E-state index is -0.336. The molecule has 0 amide bonds. The molecule has 2 aromatic carbocycles. The number of aryl methyl sites for hydroxylation is 3. The second-order valence-electron chi connectivity index (χ2n) is 6.08. The summed E-state index contributed by atoms with van der Waals surface area (Å²) in [7, 11) is 2.79. The molecule has 4 nitrogen and oxygen atoms in total. The molecule has 0 atom stereocenters. The lowest BCUT2D eigenvalue weighted by Gasteiger charge is -2.17. The highest BCUT2D eigenvalue weighted by molar-refractivity contribution is 9.10. The molecule has 5 heteroatoms. The predicted molar refractivity (Wildman–Crippen MR) is 98.1 cm³/mol. The molecule has 4 bridgehead atoms. The normalized spacial score (nSPS) is 13.1. The van der Waals surface area contributed by atoms with Crippen molar-refractivity contribution in [3.05, 3.63) is 68.2 Å². The van der Waals surface area contributed by atoms with Crippen molar-refractivity contribution in [3.63, 3.8) is 0 Å². The molecule has 0 spiro atoms. The van der Waals surface area contributed by atoms with E-state index in [1.165, 1.54) is 14.2 Å². The second-order valence-corrected chi connectivity index (χ2v) is 6.93. The molecule has 25 heavy (non-hydrogen) atoms. The van der Waals surface area contributed by atoms with Crippen LogP contribution in [0.3, 0.4) is 0 Å². The van der Waals surface area contributed by atoms with Crippen LogP contribution >= 0.6 is 15.9 Å². The van der Waals surface area contributed by atoms with Crippen molar-refractivity contribution in [2.75, 3.05) is 14.2 Å². The van der Waals surface area contributed by atoms with Crippen molar-refractivity contribution in [1.29, 1.82) is 0 Å². The second kappa shape index (κ2) is 7.40. The van der Waals surface area contributed by atoms with Gasteiger partial charge in [-0.1, -0.05) is 28.1 Å². The summed E-state index contributed by atoms with van der Waals surface area (Å²) in [4.78, 5) is 24.4. The topological polar surface area (TPSA) is 52.6 Å². The summed E-state index contributed by atoms with van der Waals surface area (Å²) in [5.74, 6) is -0.660. The zero-order valence-corrected chi connectivity index (χ0v) is 15.8.